The zero-order chi connectivity index (χ0) is 20.8. The van der Waals surface area contributed by atoms with Crippen LogP contribution in [0.15, 0.2) is 28.7 Å². The lowest BCUT2D eigenvalue weighted by Gasteiger charge is -2.37. The molecular weight excluding hydrogens is 436 g/mol. The maximum Gasteiger partial charge on any atom is 0.237 e. The van der Waals surface area contributed by atoms with Gasteiger partial charge in [-0.2, -0.15) is 0 Å². The fraction of sp³-hybridized carbons (Fsp3) is 0.619. The highest BCUT2D eigenvalue weighted by Gasteiger charge is 2.30. The van der Waals surface area contributed by atoms with E-state index in [-0.39, 0.29) is 17.9 Å². The molecule has 1 aromatic rings. The summed E-state index contributed by atoms with van der Waals surface area (Å²) in [6.07, 6.45) is 2.21. The molecule has 1 atom stereocenters. The number of halogens is 1. The highest BCUT2D eigenvalue weighted by atomic mass is 79.9. The van der Waals surface area contributed by atoms with Crippen LogP contribution >= 0.6 is 15.9 Å². The van der Waals surface area contributed by atoms with Crippen molar-refractivity contribution in [3.05, 3.63) is 28.7 Å². The van der Waals surface area contributed by atoms with Gasteiger partial charge in [0, 0.05) is 43.7 Å². The predicted molar refractivity (Wildman–Crippen MR) is 116 cm³/mol. The molecule has 160 valence electrons. The van der Waals surface area contributed by atoms with Gasteiger partial charge in [-0.3, -0.25) is 19.4 Å². The van der Waals surface area contributed by atoms with Gasteiger partial charge in [0.2, 0.25) is 11.8 Å². The van der Waals surface area contributed by atoms with Crippen molar-refractivity contribution < 1.29 is 14.3 Å². The molecule has 1 heterocycles. The summed E-state index contributed by atoms with van der Waals surface area (Å²) in [7, 11) is 1.81. The number of amides is 2. The topological polar surface area (TPSA) is 65.1 Å². The second kappa shape index (κ2) is 10.4. The molecule has 8 heteroatoms. The number of piperazine rings is 1. The summed E-state index contributed by atoms with van der Waals surface area (Å²) in [5, 5.41) is 3.07. The molecule has 29 heavy (non-hydrogen) atoms. The number of likely N-dealkylation sites (N-methyl/N-ethyl adjacent to an activating group) is 1. The normalized spacial score (nSPS) is 18.9. The first-order chi connectivity index (χ1) is 13.9. The van der Waals surface area contributed by atoms with Gasteiger partial charge in [0.05, 0.1) is 19.1 Å². The monoisotopic (exact) mass is 466 g/mol. The molecule has 1 aliphatic carbocycles. The van der Waals surface area contributed by atoms with E-state index < -0.39 is 0 Å². The van der Waals surface area contributed by atoms with Gasteiger partial charge in [0.25, 0.3) is 0 Å². The van der Waals surface area contributed by atoms with Crippen molar-refractivity contribution in [1.82, 2.24) is 20.0 Å². The third-order valence-corrected chi connectivity index (χ3v) is 6.08. The van der Waals surface area contributed by atoms with Gasteiger partial charge in [0.15, 0.2) is 0 Å². The zero-order valence-electron chi connectivity index (χ0n) is 17.3. The van der Waals surface area contributed by atoms with E-state index in [1.54, 1.807) is 4.90 Å². The van der Waals surface area contributed by atoms with Crippen molar-refractivity contribution in [2.24, 2.45) is 0 Å². The average molecular weight is 467 g/mol. The number of rotatable bonds is 9. The van der Waals surface area contributed by atoms with E-state index in [0.717, 1.165) is 49.2 Å². The summed E-state index contributed by atoms with van der Waals surface area (Å²) < 4.78 is 6.70. The van der Waals surface area contributed by atoms with Crippen molar-refractivity contribution in [1.29, 1.82) is 0 Å². The smallest absolute Gasteiger partial charge is 0.237 e. The minimum absolute atomic E-state index is 0.0948. The van der Waals surface area contributed by atoms with Gasteiger partial charge in [0.1, 0.15) is 12.4 Å². The lowest BCUT2D eigenvalue weighted by molar-refractivity contribution is -0.133. The van der Waals surface area contributed by atoms with Gasteiger partial charge < -0.3 is 15.0 Å². The Bertz CT molecular complexity index is 688. The molecule has 0 bridgehead atoms. The van der Waals surface area contributed by atoms with E-state index in [4.69, 9.17) is 4.74 Å². The van der Waals surface area contributed by atoms with Crippen LogP contribution < -0.4 is 10.1 Å². The van der Waals surface area contributed by atoms with Crippen molar-refractivity contribution in [2.75, 3.05) is 52.9 Å². The third-order valence-electron chi connectivity index (χ3n) is 5.55. The minimum atomic E-state index is -0.105. The maximum atomic E-state index is 12.5. The van der Waals surface area contributed by atoms with Crippen molar-refractivity contribution in [3.8, 4) is 5.75 Å². The largest absolute Gasteiger partial charge is 0.492 e. The molecule has 0 spiro atoms. The summed E-state index contributed by atoms with van der Waals surface area (Å²) in [4.78, 5) is 30.8. The van der Waals surface area contributed by atoms with Crippen LogP contribution in [0, 0.1) is 0 Å². The molecule has 2 aliphatic rings. The fourth-order valence-corrected chi connectivity index (χ4v) is 3.56. The van der Waals surface area contributed by atoms with Crippen molar-refractivity contribution >= 4 is 27.7 Å². The minimum Gasteiger partial charge on any atom is -0.492 e. The SMILES string of the molecule is CC(C(=O)NC1CC1)N1CCN(CC(=O)N(C)CCOc2ccc(Br)cc2)CC1. The van der Waals surface area contributed by atoms with Crippen molar-refractivity contribution in [2.45, 2.75) is 31.8 Å². The van der Waals surface area contributed by atoms with Crippen LogP contribution in [0.4, 0.5) is 0 Å². The number of nitrogens with one attached hydrogen (secondary N) is 1. The Morgan fingerprint density at radius 3 is 2.48 bits per heavy atom. The number of carbonyl (C=O) groups excluding carboxylic acids is 2. The molecule has 1 unspecified atom stereocenters. The second-order valence-electron chi connectivity index (χ2n) is 7.89. The van der Waals surface area contributed by atoms with Gasteiger partial charge in [-0.05, 0) is 44.0 Å². The summed E-state index contributed by atoms with van der Waals surface area (Å²) in [5.41, 5.74) is 0. The highest BCUT2D eigenvalue weighted by molar-refractivity contribution is 9.10. The number of hydrogen-bond donors (Lipinski definition) is 1. The number of hydrogen-bond acceptors (Lipinski definition) is 5. The Balaban J connectivity index is 1.33. The van der Waals surface area contributed by atoms with E-state index in [2.05, 4.69) is 31.0 Å². The average Bonchev–Trinajstić information content (AvgIpc) is 3.53. The molecule has 1 saturated heterocycles. The number of benzene rings is 1. The van der Waals surface area contributed by atoms with Crippen LogP contribution in [0.1, 0.15) is 19.8 Å². The molecule has 3 rings (SSSR count). The Kier molecular flexibility index (Phi) is 7.91. The summed E-state index contributed by atoms with van der Waals surface area (Å²) >= 11 is 3.40. The van der Waals surface area contributed by atoms with Gasteiger partial charge in [-0.25, -0.2) is 0 Å². The van der Waals surface area contributed by atoms with Gasteiger partial charge in [-0.15, -0.1) is 0 Å². The Morgan fingerprint density at radius 2 is 1.86 bits per heavy atom. The third kappa shape index (κ3) is 6.97. The molecule has 2 fully saturated rings. The lowest BCUT2D eigenvalue weighted by Crippen LogP contribution is -2.55. The van der Waals surface area contributed by atoms with Crippen LogP contribution in [-0.4, -0.2) is 91.5 Å². The molecule has 7 nitrogen and oxygen atoms in total. The number of ether oxygens (including phenoxy) is 1. The summed E-state index contributed by atoms with van der Waals surface area (Å²) in [6, 6.07) is 7.95. The fourth-order valence-electron chi connectivity index (χ4n) is 3.29. The van der Waals surface area contributed by atoms with E-state index in [1.165, 1.54) is 0 Å². The van der Waals surface area contributed by atoms with E-state index in [0.29, 0.717) is 25.7 Å². The second-order valence-corrected chi connectivity index (χ2v) is 8.80. The molecule has 0 aromatic heterocycles. The van der Waals surface area contributed by atoms with E-state index >= 15 is 0 Å². The van der Waals surface area contributed by atoms with Gasteiger partial charge in [-0.1, -0.05) is 15.9 Å². The first-order valence-corrected chi connectivity index (χ1v) is 11.1. The number of carbonyl (C=O) groups is 2. The standard InChI is InChI=1S/C21H31BrN4O3/c1-16(21(28)23-18-5-6-18)26-11-9-25(10-12-26)15-20(27)24(2)13-14-29-19-7-3-17(22)4-8-19/h3-4,7-8,16,18H,5-6,9-15H2,1-2H3,(H,23,28). The quantitative estimate of drug-likeness (QED) is 0.598. The van der Waals surface area contributed by atoms with Crippen LogP contribution in [0.5, 0.6) is 5.75 Å². The van der Waals surface area contributed by atoms with Crippen LogP contribution in [0.2, 0.25) is 0 Å². The van der Waals surface area contributed by atoms with E-state index in [9.17, 15) is 9.59 Å². The predicted octanol–water partition coefficient (Wildman–Crippen LogP) is 1.57. The Labute approximate surface area is 181 Å². The zero-order valence-corrected chi connectivity index (χ0v) is 18.9. The molecule has 0 radical (unpaired) electrons. The van der Waals surface area contributed by atoms with Crippen molar-refractivity contribution in [3.63, 3.8) is 0 Å². The summed E-state index contributed by atoms with van der Waals surface area (Å²) in [6.45, 7) is 6.61. The molecule has 1 aliphatic heterocycles. The Morgan fingerprint density at radius 1 is 1.21 bits per heavy atom. The number of nitrogens with zero attached hydrogens (tertiary/aromatic N) is 3. The highest BCUT2D eigenvalue weighted by Crippen LogP contribution is 2.19. The van der Waals surface area contributed by atoms with E-state index in [1.807, 2.05) is 38.2 Å². The first kappa shape index (κ1) is 22.1. The Hall–Kier alpha value is -1.64. The molecule has 1 saturated carbocycles. The molecule has 1 N–H and O–H groups in total. The van der Waals surface area contributed by atoms with Crippen LogP contribution in [-0.2, 0) is 9.59 Å². The van der Waals surface area contributed by atoms with Crippen LogP contribution in [0.3, 0.4) is 0 Å². The van der Waals surface area contributed by atoms with Crippen LogP contribution in [0.25, 0.3) is 0 Å². The molecular formula is C21H31BrN4O3. The first-order valence-electron chi connectivity index (χ1n) is 10.3. The molecule has 2 amide bonds. The summed E-state index contributed by atoms with van der Waals surface area (Å²) in [5.74, 6) is 1.02. The maximum absolute atomic E-state index is 12.5. The lowest BCUT2D eigenvalue weighted by atomic mass is 10.2. The molecule has 1 aromatic carbocycles. The van der Waals surface area contributed by atoms with Gasteiger partial charge >= 0.3 is 0 Å².